The summed E-state index contributed by atoms with van der Waals surface area (Å²) >= 11 is 0. The van der Waals surface area contributed by atoms with Crippen LogP contribution in [0.25, 0.3) is 0 Å². The molecule has 1 aliphatic heterocycles. The Morgan fingerprint density at radius 3 is 1.87 bits per heavy atom. The van der Waals surface area contributed by atoms with Crippen LogP contribution in [-0.4, -0.2) is 42.8 Å². The SMILES string of the molecule is CC(c1ccccc1)C(c1ccccc1)[N+]1(F)CCN(C)CC1. The highest BCUT2D eigenvalue weighted by atomic mass is 19.2. The van der Waals surface area contributed by atoms with Crippen molar-refractivity contribution in [3.8, 4) is 0 Å². The Hall–Kier alpha value is -1.71. The van der Waals surface area contributed by atoms with Crippen LogP contribution in [0.15, 0.2) is 60.7 Å². The van der Waals surface area contributed by atoms with Gasteiger partial charge >= 0.3 is 0 Å². The number of nitrogens with zero attached hydrogens (tertiary/aromatic N) is 2. The maximum atomic E-state index is 15.9. The average Bonchev–Trinajstić information content (AvgIpc) is 2.59. The second-order valence-corrected chi connectivity index (χ2v) is 6.73. The van der Waals surface area contributed by atoms with E-state index in [1.807, 2.05) is 36.4 Å². The fourth-order valence-corrected chi connectivity index (χ4v) is 3.72. The third kappa shape index (κ3) is 3.46. The monoisotopic (exact) mass is 313 g/mol. The first-order valence-electron chi connectivity index (χ1n) is 8.45. The molecule has 0 aliphatic carbocycles. The van der Waals surface area contributed by atoms with Crippen molar-refractivity contribution in [2.45, 2.75) is 18.9 Å². The second-order valence-electron chi connectivity index (χ2n) is 6.73. The number of hydrogen-bond donors (Lipinski definition) is 0. The first-order valence-corrected chi connectivity index (χ1v) is 8.45. The molecule has 122 valence electrons. The van der Waals surface area contributed by atoms with E-state index in [0.29, 0.717) is 13.1 Å². The highest BCUT2D eigenvalue weighted by molar-refractivity contribution is 5.26. The van der Waals surface area contributed by atoms with Gasteiger partial charge < -0.3 is 0 Å². The topological polar surface area (TPSA) is 3.24 Å². The Morgan fingerprint density at radius 2 is 1.35 bits per heavy atom. The van der Waals surface area contributed by atoms with Crippen molar-refractivity contribution >= 4 is 0 Å². The van der Waals surface area contributed by atoms with E-state index in [0.717, 1.165) is 18.7 Å². The molecule has 0 amide bonds. The van der Waals surface area contributed by atoms with Crippen molar-refractivity contribution in [2.75, 3.05) is 33.2 Å². The van der Waals surface area contributed by atoms with E-state index in [9.17, 15) is 0 Å². The summed E-state index contributed by atoms with van der Waals surface area (Å²) in [6.45, 7) is 4.87. The highest BCUT2D eigenvalue weighted by Gasteiger charge is 2.45. The van der Waals surface area contributed by atoms with Gasteiger partial charge in [0.05, 0.1) is 13.1 Å². The summed E-state index contributed by atoms with van der Waals surface area (Å²) in [4.78, 5) is 2.21. The van der Waals surface area contributed by atoms with Crippen molar-refractivity contribution in [1.29, 1.82) is 0 Å². The summed E-state index contributed by atoms with van der Waals surface area (Å²) < 4.78 is 15.6. The van der Waals surface area contributed by atoms with E-state index in [-0.39, 0.29) is 16.7 Å². The summed E-state index contributed by atoms with van der Waals surface area (Å²) in [5.74, 6) is 0.131. The van der Waals surface area contributed by atoms with Crippen LogP contribution in [0.4, 0.5) is 4.48 Å². The maximum Gasteiger partial charge on any atom is 0.157 e. The van der Waals surface area contributed by atoms with Gasteiger partial charge in [-0.3, -0.25) is 4.90 Å². The minimum atomic E-state index is -0.371. The van der Waals surface area contributed by atoms with E-state index >= 15 is 4.48 Å². The molecule has 2 atom stereocenters. The third-order valence-electron chi connectivity index (χ3n) is 5.15. The summed E-state index contributed by atoms with van der Waals surface area (Å²) in [6.07, 6.45) is 0. The Morgan fingerprint density at radius 1 is 0.870 bits per heavy atom. The molecule has 1 saturated heterocycles. The summed E-state index contributed by atoms with van der Waals surface area (Å²) in [5.41, 5.74) is 2.30. The molecule has 0 radical (unpaired) electrons. The summed E-state index contributed by atoms with van der Waals surface area (Å²) in [5, 5.41) is 0. The third-order valence-corrected chi connectivity index (χ3v) is 5.15. The lowest BCUT2D eigenvalue weighted by molar-refractivity contribution is -1.08. The second kappa shape index (κ2) is 6.81. The van der Waals surface area contributed by atoms with E-state index < -0.39 is 0 Å². The zero-order valence-corrected chi connectivity index (χ0v) is 14.0. The number of piperazine rings is 1. The van der Waals surface area contributed by atoms with Gasteiger partial charge in [-0.25, -0.2) is 0 Å². The van der Waals surface area contributed by atoms with Gasteiger partial charge in [0.25, 0.3) is 0 Å². The fraction of sp³-hybridized carbons (Fsp3) is 0.400. The van der Waals surface area contributed by atoms with Gasteiger partial charge in [0.2, 0.25) is 0 Å². The van der Waals surface area contributed by atoms with Crippen molar-refractivity contribution in [3.63, 3.8) is 0 Å². The molecule has 2 aromatic carbocycles. The largest absolute Gasteiger partial charge is 0.295 e. The lowest BCUT2D eigenvalue weighted by Gasteiger charge is -2.42. The minimum absolute atomic E-state index is 0.131. The van der Waals surface area contributed by atoms with Crippen LogP contribution >= 0.6 is 0 Å². The smallest absolute Gasteiger partial charge is 0.157 e. The van der Waals surface area contributed by atoms with Gasteiger partial charge in [-0.05, 0) is 17.1 Å². The van der Waals surface area contributed by atoms with Crippen LogP contribution in [0.3, 0.4) is 0 Å². The standard InChI is InChI=1S/C20H26FN2/c1-17(18-9-5-3-6-10-18)20(19-11-7-4-8-12-19)23(21)15-13-22(2)14-16-23/h3-12,17,20H,13-16H2,1-2H3/q+1. The Labute approximate surface area is 138 Å². The number of benzene rings is 2. The molecule has 0 aromatic heterocycles. The van der Waals surface area contributed by atoms with Gasteiger partial charge in [-0.15, -0.1) is 4.71 Å². The van der Waals surface area contributed by atoms with Crippen LogP contribution in [-0.2, 0) is 0 Å². The molecule has 0 bridgehead atoms. The summed E-state index contributed by atoms with van der Waals surface area (Å²) in [7, 11) is 2.07. The molecule has 2 nitrogen and oxygen atoms in total. The van der Waals surface area contributed by atoms with Crippen LogP contribution in [0.1, 0.15) is 30.0 Å². The Balaban J connectivity index is 1.97. The lowest BCUT2D eigenvalue weighted by Crippen LogP contribution is -2.56. The lowest BCUT2D eigenvalue weighted by atomic mass is 9.86. The number of quaternary nitrogens is 1. The van der Waals surface area contributed by atoms with E-state index in [1.165, 1.54) is 5.56 Å². The van der Waals surface area contributed by atoms with Crippen LogP contribution < -0.4 is 0 Å². The molecule has 23 heavy (non-hydrogen) atoms. The number of likely N-dealkylation sites (N-methyl/N-ethyl adjacent to an activating group) is 1. The molecule has 3 heteroatoms. The van der Waals surface area contributed by atoms with Crippen LogP contribution in [0.2, 0.25) is 0 Å². The van der Waals surface area contributed by atoms with Crippen molar-refractivity contribution in [2.24, 2.45) is 0 Å². The molecule has 0 N–H and O–H groups in total. The molecule has 1 heterocycles. The van der Waals surface area contributed by atoms with Gasteiger partial charge in [0.1, 0.15) is 13.1 Å². The molecule has 2 unspecified atom stereocenters. The number of halogens is 1. The first kappa shape index (κ1) is 16.2. The van der Waals surface area contributed by atoms with E-state index in [1.54, 1.807) is 0 Å². The zero-order valence-electron chi connectivity index (χ0n) is 14.0. The molecule has 1 fully saturated rings. The van der Waals surface area contributed by atoms with Crippen LogP contribution in [0.5, 0.6) is 0 Å². The Kier molecular flexibility index (Phi) is 4.79. The highest BCUT2D eigenvalue weighted by Crippen LogP contribution is 2.41. The quantitative estimate of drug-likeness (QED) is 0.766. The number of rotatable bonds is 4. The minimum Gasteiger partial charge on any atom is -0.295 e. The maximum absolute atomic E-state index is 15.9. The molecular formula is C20H26FN2+. The van der Waals surface area contributed by atoms with Crippen molar-refractivity contribution in [3.05, 3.63) is 71.8 Å². The van der Waals surface area contributed by atoms with Crippen LogP contribution in [0, 0.1) is 0 Å². The van der Waals surface area contributed by atoms with E-state index in [4.69, 9.17) is 0 Å². The zero-order chi connectivity index (χ0) is 16.3. The van der Waals surface area contributed by atoms with E-state index in [2.05, 4.69) is 43.1 Å². The molecule has 2 aromatic rings. The molecule has 1 aliphatic rings. The molecule has 0 spiro atoms. The molecule has 3 rings (SSSR count). The van der Waals surface area contributed by atoms with Gasteiger partial charge in [0.15, 0.2) is 6.04 Å². The van der Waals surface area contributed by atoms with Gasteiger partial charge in [0, 0.05) is 11.5 Å². The normalized spacial score (nSPS) is 20.8. The fourth-order valence-electron chi connectivity index (χ4n) is 3.72. The average molecular weight is 313 g/mol. The first-order chi connectivity index (χ1) is 11.1. The molecule has 0 saturated carbocycles. The molecular weight excluding hydrogens is 287 g/mol. The number of hydrogen-bond acceptors (Lipinski definition) is 1. The van der Waals surface area contributed by atoms with Crippen molar-refractivity contribution in [1.82, 2.24) is 4.90 Å². The summed E-state index contributed by atoms with van der Waals surface area (Å²) in [6, 6.07) is 20.3. The Bertz CT molecular complexity index is 606. The predicted octanol–water partition coefficient (Wildman–Crippen LogP) is 4.18. The van der Waals surface area contributed by atoms with Gasteiger partial charge in [-0.2, -0.15) is 0 Å². The van der Waals surface area contributed by atoms with Gasteiger partial charge in [-0.1, -0.05) is 67.6 Å². The predicted molar refractivity (Wildman–Crippen MR) is 92.6 cm³/mol. The van der Waals surface area contributed by atoms with Crippen molar-refractivity contribution < 1.29 is 9.19 Å².